The number of fused-ring (bicyclic) bond motifs is 1. The van der Waals surface area contributed by atoms with E-state index in [9.17, 15) is 9.59 Å². The fourth-order valence-corrected chi connectivity index (χ4v) is 2.90. The van der Waals surface area contributed by atoms with Gasteiger partial charge in [-0.25, -0.2) is 4.79 Å². The Hall–Kier alpha value is -2.56. The van der Waals surface area contributed by atoms with Crippen LogP contribution in [0.3, 0.4) is 0 Å². The van der Waals surface area contributed by atoms with Crippen molar-refractivity contribution in [3.05, 3.63) is 42.5 Å². The molecule has 1 heterocycles. The largest absolute Gasteiger partial charge is 0.460 e. The zero-order chi connectivity index (χ0) is 18.0. The molecule has 1 aliphatic rings. The van der Waals surface area contributed by atoms with Crippen LogP contribution in [0.2, 0.25) is 0 Å². The first-order valence-corrected chi connectivity index (χ1v) is 8.50. The molecule has 3 rings (SSSR count). The normalized spacial score (nSPS) is 17.6. The molecule has 25 heavy (non-hydrogen) atoms. The summed E-state index contributed by atoms with van der Waals surface area (Å²) in [6.07, 6.45) is 0.170. The third-order valence-corrected chi connectivity index (χ3v) is 4.11. The molecule has 132 valence electrons. The highest BCUT2D eigenvalue weighted by molar-refractivity contribution is 5.84. The molecule has 2 aromatic carbocycles. The van der Waals surface area contributed by atoms with Crippen molar-refractivity contribution in [3.8, 4) is 5.75 Å². The van der Waals surface area contributed by atoms with E-state index in [1.54, 1.807) is 11.0 Å². The Balaban J connectivity index is 1.61. The first-order chi connectivity index (χ1) is 11.8. The predicted octanol–water partition coefficient (Wildman–Crippen LogP) is 4.00. The Morgan fingerprint density at radius 2 is 1.80 bits per heavy atom. The zero-order valence-corrected chi connectivity index (χ0v) is 14.8. The summed E-state index contributed by atoms with van der Waals surface area (Å²) in [4.78, 5) is 26.0. The van der Waals surface area contributed by atoms with Gasteiger partial charge in [0.1, 0.15) is 11.4 Å². The molecule has 0 saturated carbocycles. The van der Waals surface area contributed by atoms with Gasteiger partial charge in [0.25, 0.3) is 0 Å². The lowest BCUT2D eigenvalue weighted by Gasteiger charge is -2.22. The minimum absolute atomic E-state index is 0.256. The van der Waals surface area contributed by atoms with Crippen LogP contribution in [0, 0.1) is 5.92 Å². The highest BCUT2D eigenvalue weighted by atomic mass is 16.6. The van der Waals surface area contributed by atoms with Gasteiger partial charge in [-0.2, -0.15) is 0 Å². The molecule has 1 fully saturated rings. The zero-order valence-electron chi connectivity index (χ0n) is 14.8. The van der Waals surface area contributed by atoms with E-state index in [-0.39, 0.29) is 11.9 Å². The van der Waals surface area contributed by atoms with Crippen molar-refractivity contribution in [2.75, 3.05) is 13.1 Å². The maximum atomic E-state index is 12.4. The summed E-state index contributed by atoms with van der Waals surface area (Å²) in [5, 5.41) is 2.11. The molecule has 0 aromatic heterocycles. The number of hydrogen-bond acceptors (Lipinski definition) is 4. The van der Waals surface area contributed by atoms with E-state index < -0.39 is 11.7 Å². The number of carbonyl (C=O) groups excluding carboxylic acids is 2. The Morgan fingerprint density at radius 3 is 2.52 bits per heavy atom. The fraction of sp³-hybridized carbons (Fsp3) is 0.400. The van der Waals surface area contributed by atoms with Crippen LogP contribution in [0.1, 0.15) is 27.2 Å². The van der Waals surface area contributed by atoms with E-state index in [1.165, 1.54) is 0 Å². The van der Waals surface area contributed by atoms with Gasteiger partial charge in [-0.15, -0.1) is 0 Å². The molecule has 2 aromatic rings. The molecule has 1 aliphatic heterocycles. The molecular formula is C20H23NO4. The molecule has 0 bridgehead atoms. The van der Waals surface area contributed by atoms with Gasteiger partial charge in [0.2, 0.25) is 0 Å². The summed E-state index contributed by atoms with van der Waals surface area (Å²) < 4.78 is 10.9. The van der Waals surface area contributed by atoms with E-state index in [2.05, 4.69) is 0 Å². The third-order valence-electron chi connectivity index (χ3n) is 4.11. The molecule has 0 radical (unpaired) electrons. The van der Waals surface area contributed by atoms with Crippen molar-refractivity contribution in [1.82, 2.24) is 4.90 Å². The van der Waals surface area contributed by atoms with Crippen LogP contribution in [0.25, 0.3) is 10.8 Å². The molecule has 0 aliphatic carbocycles. The van der Waals surface area contributed by atoms with E-state index in [1.807, 2.05) is 57.2 Å². The Bertz CT molecular complexity index is 794. The average molecular weight is 341 g/mol. The second-order valence-electron chi connectivity index (χ2n) is 7.34. The maximum absolute atomic E-state index is 12.4. The van der Waals surface area contributed by atoms with Crippen molar-refractivity contribution >= 4 is 22.8 Å². The lowest BCUT2D eigenvalue weighted by atomic mass is 10.1. The quantitative estimate of drug-likeness (QED) is 0.775. The molecule has 0 unspecified atom stereocenters. The summed E-state index contributed by atoms with van der Waals surface area (Å²) in [6.45, 7) is 6.35. The average Bonchev–Trinajstić information content (AvgIpc) is 3.03. The topological polar surface area (TPSA) is 55.8 Å². The molecule has 1 saturated heterocycles. The van der Waals surface area contributed by atoms with E-state index in [0.717, 1.165) is 10.8 Å². The number of rotatable bonds is 2. The van der Waals surface area contributed by atoms with Gasteiger partial charge in [0.05, 0.1) is 5.92 Å². The minimum Gasteiger partial charge on any atom is -0.460 e. The third kappa shape index (κ3) is 4.29. The van der Waals surface area contributed by atoms with Crippen LogP contribution >= 0.6 is 0 Å². The number of ether oxygens (including phenoxy) is 2. The molecule has 5 nitrogen and oxygen atoms in total. The van der Waals surface area contributed by atoms with Crippen LogP contribution in [0.15, 0.2) is 42.5 Å². The second-order valence-corrected chi connectivity index (χ2v) is 7.34. The van der Waals surface area contributed by atoms with Gasteiger partial charge in [0, 0.05) is 13.1 Å². The number of benzene rings is 2. The first kappa shape index (κ1) is 17.3. The summed E-state index contributed by atoms with van der Waals surface area (Å²) in [6, 6.07) is 13.4. The van der Waals surface area contributed by atoms with Crippen LogP contribution in [-0.4, -0.2) is 35.7 Å². The summed E-state index contributed by atoms with van der Waals surface area (Å²) in [5.74, 6) is -0.0405. The monoisotopic (exact) mass is 341 g/mol. The SMILES string of the molecule is CC(C)(C)OC(=O)[C@H]1CCN(C(=O)Oc2ccc3ccccc3c2)C1. The fourth-order valence-electron chi connectivity index (χ4n) is 2.90. The standard InChI is InChI=1S/C20H23NO4/c1-20(2,3)25-18(22)16-10-11-21(13-16)19(23)24-17-9-8-14-6-4-5-7-15(14)12-17/h4-9,12,16H,10-11,13H2,1-3H3/t16-/m0/s1. The van der Waals surface area contributed by atoms with Crippen LogP contribution in [0.4, 0.5) is 4.79 Å². The number of hydrogen-bond donors (Lipinski definition) is 0. The predicted molar refractivity (Wildman–Crippen MR) is 95.5 cm³/mol. The van der Waals surface area contributed by atoms with E-state index in [4.69, 9.17) is 9.47 Å². The van der Waals surface area contributed by atoms with Crippen molar-refractivity contribution in [1.29, 1.82) is 0 Å². The molecular weight excluding hydrogens is 318 g/mol. The van der Waals surface area contributed by atoms with Crippen molar-refractivity contribution in [2.45, 2.75) is 32.8 Å². The van der Waals surface area contributed by atoms with Crippen molar-refractivity contribution in [2.24, 2.45) is 5.92 Å². The number of esters is 1. The van der Waals surface area contributed by atoms with Gasteiger partial charge in [-0.05, 0) is 50.1 Å². The summed E-state index contributed by atoms with van der Waals surface area (Å²) in [5.41, 5.74) is -0.518. The molecule has 1 amide bonds. The van der Waals surface area contributed by atoms with Crippen molar-refractivity contribution in [3.63, 3.8) is 0 Å². The van der Waals surface area contributed by atoms with Crippen LogP contribution < -0.4 is 4.74 Å². The number of likely N-dealkylation sites (tertiary alicyclic amines) is 1. The Kier molecular flexibility index (Phi) is 4.66. The summed E-state index contributed by atoms with van der Waals surface area (Å²) in [7, 11) is 0. The van der Waals surface area contributed by atoms with Crippen LogP contribution in [0.5, 0.6) is 5.75 Å². The smallest absolute Gasteiger partial charge is 0.415 e. The number of nitrogens with zero attached hydrogens (tertiary/aromatic N) is 1. The highest BCUT2D eigenvalue weighted by Crippen LogP contribution is 2.24. The Labute approximate surface area is 147 Å². The molecule has 5 heteroatoms. The molecule has 0 spiro atoms. The Morgan fingerprint density at radius 1 is 1.08 bits per heavy atom. The highest BCUT2D eigenvalue weighted by Gasteiger charge is 2.34. The van der Waals surface area contributed by atoms with E-state index >= 15 is 0 Å². The van der Waals surface area contributed by atoms with Crippen molar-refractivity contribution < 1.29 is 19.1 Å². The van der Waals surface area contributed by atoms with Gasteiger partial charge in [-0.1, -0.05) is 30.3 Å². The maximum Gasteiger partial charge on any atom is 0.415 e. The lowest BCUT2D eigenvalue weighted by Crippen LogP contribution is -2.34. The van der Waals surface area contributed by atoms with Gasteiger partial charge >= 0.3 is 12.1 Å². The van der Waals surface area contributed by atoms with Gasteiger partial charge in [-0.3, -0.25) is 4.79 Å². The number of carbonyl (C=O) groups is 2. The van der Waals surface area contributed by atoms with Crippen LogP contribution in [-0.2, 0) is 9.53 Å². The van der Waals surface area contributed by atoms with E-state index in [0.29, 0.717) is 25.3 Å². The lowest BCUT2D eigenvalue weighted by molar-refractivity contribution is -0.159. The first-order valence-electron chi connectivity index (χ1n) is 8.50. The number of amides is 1. The van der Waals surface area contributed by atoms with Gasteiger partial charge in [0.15, 0.2) is 0 Å². The minimum atomic E-state index is -0.518. The van der Waals surface area contributed by atoms with Gasteiger partial charge < -0.3 is 14.4 Å². The molecule has 0 N–H and O–H groups in total. The second kappa shape index (κ2) is 6.75. The summed E-state index contributed by atoms with van der Waals surface area (Å²) >= 11 is 0. The molecule has 1 atom stereocenters.